The van der Waals surface area contributed by atoms with Crippen LogP contribution in [0.15, 0.2) is 23.8 Å². The number of hydrogen-bond donors (Lipinski definition) is 3. The summed E-state index contributed by atoms with van der Waals surface area (Å²) in [4.78, 5) is 68.4. The largest absolute Gasteiger partial charge is 0.462 e. The maximum absolute atomic E-state index is 14.3. The van der Waals surface area contributed by atoms with Crippen LogP contribution in [0.2, 0.25) is 0 Å². The third-order valence-corrected chi connectivity index (χ3v) is 14.5. The molecular formula is C53H87NO19. The van der Waals surface area contributed by atoms with Gasteiger partial charge in [-0.1, -0.05) is 52.3 Å². The summed E-state index contributed by atoms with van der Waals surface area (Å²) in [6.07, 6.45) is -9.14. The normalized spacial score (nSPS) is 40.5. The Morgan fingerprint density at radius 3 is 2.11 bits per heavy atom. The van der Waals surface area contributed by atoms with Crippen LogP contribution in [-0.2, 0) is 76.1 Å². The Kier molecular flexibility index (Phi) is 24.1. The molecule has 20 nitrogen and oxygen atoms in total. The molecule has 0 amide bonds. The molecule has 0 aliphatic carbocycles. The predicted molar refractivity (Wildman–Crippen MR) is 263 cm³/mol. The molecule has 73 heavy (non-hydrogen) atoms. The standard InChI is InChI=1S/C53H87NO19/c1-16-38-36(26-65-51-49(64-15)48(63-14)45(61)32(8)67-51)22-28(4)17-18-37(57)29(5)23-35(19-20-55)46(30(6)39(69-34(10)56)24-41(59)70-38)73-52-47(43(54(12)13)44(60)31(7)68-52)72-42-25-53(11,62)50(33(9)66-42)71-40(58)21-27(2)3/h17-18,20,22,27,29-33,35-36,38-39,42-52,60-62H,16,19,21,23-26H2,1-15H3/t29?,30?,31?,32?,33?,35?,36?,38?,39?,42?,43?,44?,45?,46?,47?,48?,49?,50?,51?,52?,53-/m1/s1. The van der Waals surface area contributed by atoms with Gasteiger partial charge in [0, 0.05) is 58.2 Å². The minimum absolute atomic E-state index is 0.0266. The molecule has 418 valence electrons. The Balaban J connectivity index is 1.75. The molecule has 0 aromatic heterocycles. The molecule has 20 heteroatoms. The number of aliphatic hydroxyl groups is 3. The lowest BCUT2D eigenvalue weighted by Crippen LogP contribution is -2.66. The fraction of sp³-hybridized carbons (Fsp3) is 0.830. The highest BCUT2D eigenvalue weighted by Crippen LogP contribution is 2.39. The summed E-state index contributed by atoms with van der Waals surface area (Å²) in [6, 6.07) is -0.809. The van der Waals surface area contributed by atoms with Gasteiger partial charge in [0.1, 0.15) is 48.5 Å². The van der Waals surface area contributed by atoms with Gasteiger partial charge in [0.2, 0.25) is 0 Å². The Labute approximate surface area is 432 Å². The summed E-state index contributed by atoms with van der Waals surface area (Å²) in [5, 5.41) is 34.2. The average molecular weight is 1040 g/mol. The van der Waals surface area contributed by atoms with E-state index in [1.807, 2.05) is 26.8 Å². The van der Waals surface area contributed by atoms with Crippen molar-refractivity contribution in [3.63, 3.8) is 0 Å². The van der Waals surface area contributed by atoms with E-state index in [9.17, 15) is 39.3 Å². The molecule has 4 rings (SSSR count). The molecule has 0 radical (unpaired) electrons. The van der Waals surface area contributed by atoms with Crippen LogP contribution in [0.1, 0.15) is 115 Å². The first-order valence-electron chi connectivity index (χ1n) is 25.9. The van der Waals surface area contributed by atoms with Crippen molar-refractivity contribution in [3.05, 3.63) is 23.8 Å². The number of allylic oxidation sites excluding steroid dienone is 3. The molecule has 4 heterocycles. The van der Waals surface area contributed by atoms with E-state index >= 15 is 0 Å². The van der Waals surface area contributed by atoms with Crippen LogP contribution in [0.3, 0.4) is 0 Å². The molecular weight excluding hydrogens is 955 g/mol. The van der Waals surface area contributed by atoms with E-state index < -0.39 is 152 Å². The number of methoxy groups -OCH3 is 2. The van der Waals surface area contributed by atoms with E-state index in [4.69, 9.17) is 52.1 Å². The molecule has 0 saturated carbocycles. The lowest BCUT2D eigenvalue weighted by molar-refractivity contribution is -0.353. The monoisotopic (exact) mass is 1040 g/mol. The topological polar surface area (TPSA) is 251 Å². The van der Waals surface area contributed by atoms with E-state index in [2.05, 4.69) is 0 Å². The van der Waals surface area contributed by atoms with Crippen molar-refractivity contribution in [1.29, 1.82) is 0 Å². The summed E-state index contributed by atoms with van der Waals surface area (Å²) in [5.74, 6) is -5.00. The number of cyclic esters (lactones) is 1. The number of aliphatic hydroxyl groups excluding tert-OH is 2. The molecule has 0 aromatic rings. The molecule has 21 atom stereocenters. The van der Waals surface area contributed by atoms with Gasteiger partial charge in [-0.15, -0.1) is 0 Å². The highest BCUT2D eigenvalue weighted by molar-refractivity contribution is 5.91. The minimum Gasteiger partial charge on any atom is -0.462 e. The summed E-state index contributed by atoms with van der Waals surface area (Å²) < 4.78 is 67.9. The maximum Gasteiger partial charge on any atom is 0.309 e. The number of ether oxygens (including phenoxy) is 11. The van der Waals surface area contributed by atoms with Crippen molar-refractivity contribution < 1.29 is 91.4 Å². The van der Waals surface area contributed by atoms with Gasteiger partial charge >= 0.3 is 17.9 Å². The SMILES string of the molecule is CCC1OC(=O)CC(OC(C)=O)C(C)C(OC2OC(C)C(O)C(N(C)C)C2OC2C[C@@](C)(O)C(OC(=O)CC(C)C)C(C)O2)C(CC=O)CC(C)C(=O)C=CC(C)=CC1COC1OC(C)C(O)C(OC)C1OC. The summed E-state index contributed by atoms with van der Waals surface area (Å²) >= 11 is 0. The number of ketones is 1. The molecule has 4 aliphatic rings. The van der Waals surface area contributed by atoms with Crippen molar-refractivity contribution in [2.45, 2.75) is 218 Å². The van der Waals surface area contributed by atoms with E-state index in [-0.39, 0.29) is 44.0 Å². The Bertz CT molecular complexity index is 1860. The van der Waals surface area contributed by atoms with Gasteiger partial charge in [0.05, 0.1) is 49.6 Å². The van der Waals surface area contributed by atoms with Crippen molar-refractivity contribution in [2.75, 3.05) is 34.9 Å². The van der Waals surface area contributed by atoms with Crippen LogP contribution in [0.5, 0.6) is 0 Å². The fourth-order valence-corrected chi connectivity index (χ4v) is 10.5. The predicted octanol–water partition coefficient (Wildman–Crippen LogP) is 4.00. The quantitative estimate of drug-likeness (QED) is 0.106. The molecule has 3 N–H and O–H groups in total. The van der Waals surface area contributed by atoms with Gasteiger partial charge in [-0.25, -0.2) is 0 Å². The van der Waals surface area contributed by atoms with Crippen LogP contribution >= 0.6 is 0 Å². The third kappa shape index (κ3) is 16.9. The highest BCUT2D eigenvalue weighted by Gasteiger charge is 2.53. The number of carbonyl (C=O) groups is 5. The molecule has 4 aliphatic heterocycles. The van der Waals surface area contributed by atoms with E-state index in [1.54, 1.807) is 66.6 Å². The first-order chi connectivity index (χ1) is 34.3. The second kappa shape index (κ2) is 28.2. The number of carbonyl (C=O) groups excluding carboxylic acids is 5. The van der Waals surface area contributed by atoms with Gasteiger partial charge in [-0.05, 0) is 79.5 Å². The average Bonchev–Trinajstić information content (AvgIpc) is 3.29. The maximum atomic E-state index is 14.3. The lowest BCUT2D eigenvalue weighted by atomic mass is 9.79. The summed E-state index contributed by atoms with van der Waals surface area (Å²) in [7, 11) is 6.41. The molecule has 0 bridgehead atoms. The smallest absolute Gasteiger partial charge is 0.309 e. The van der Waals surface area contributed by atoms with Crippen molar-refractivity contribution >= 4 is 30.0 Å². The molecule has 3 fully saturated rings. The zero-order chi connectivity index (χ0) is 54.6. The van der Waals surface area contributed by atoms with Crippen LogP contribution < -0.4 is 0 Å². The first kappa shape index (κ1) is 62.3. The Morgan fingerprint density at radius 1 is 0.890 bits per heavy atom. The number of nitrogens with zero attached hydrogens (tertiary/aromatic N) is 1. The number of hydrogen-bond acceptors (Lipinski definition) is 20. The molecule has 0 spiro atoms. The number of rotatable bonds is 17. The number of esters is 3. The van der Waals surface area contributed by atoms with Crippen LogP contribution in [0, 0.1) is 29.6 Å². The highest BCUT2D eigenvalue weighted by atomic mass is 16.8. The zero-order valence-corrected chi connectivity index (χ0v) is 45.7. The first-order valence-corrected chi connectivity index (χ1v) is 25.9. The van der Waals surface area contributed by atoms with Crippen LogP contribution in [-0.4, -0.2) is 189 Å². The van der Waals surface area contributed by atoms with Crippen molar-refractivity contribution in [3.8, 4) is 0 Å². The number of likely N-dealkylation sites (N-methyl/N-ethyl adjacent to an activating group) is 1. The number of aldehydes is 1. The van der Waals surface area contributed by atoms with E-state index in [0.29, 0.717) is 12.0 Å². The van der Waals surface area contributed by atoms with Gasteiger partial charge < -0.3 is 77.1 Å². The third-order valence-electron chi connectivity index (χ3n) is 14.5. The molecule has 20 unspecified atom stereocenters. The van der Waals surface area contributed by atoms with Gasteiger partial charge in [-0.2, -0.15) is 0 Å². The van der Waals surface area contributed by atoms with Crippen molar-refractivity contribution in [2.24, 2.45) is 29.6 Å². The van der Waals surface area contributed by atoms with E-state index in [0.717, 1.165) is 6.29 Å². The van der Waals surface area contributed by atoms with Gasteiger partial charge in [-0.3, -0.25) is 19.2 Å². The molecule has 3 saturated heterocycles. The Hall–Kier alpha value is -3.25. The van der Waals surface area contributed by atoms with E-state index in [1.165, 1.54) is 34.1 Å². The van der Waals surface area contributed by atoms with Gasteiger partial charge in [0.15, 0.2) is 30.8 Å². The van der Waals surface area contributed by atoms with Crippen LogP contribution in [0.25, 0.3) is 0 Å². The van der Waals surface area contributed by atoms with Gasteiger partial charge in [0.25, 0.3) is 0 Å². The second-order valence-electron chi connectivity index (χ2n) is 21.4. The summed E-state index contributed by atoms with van der Waals surface area (Å²) in [6.45, 7) is 18.6. The zero-order valence-electron chi connectivity index (χ0n) is 45.7. The minimum atomic E-state index is -1.61. The molecule has 0 aromatic carbocycles. The summed E-state index contributed by atoms with van der Waals surface area (Å²) in [5.41, 5.74) is -0.950. The second-order valence-corrected chi connectivity index (χ2v) is 21.4. The lowest BCUT2D eigenvalue weighted by Gasteiger charge is -2.50. The Morgan fingerprint density at radius 2 is 1.53 bits per heavy atom. The van der Waals surface area contributed by atoms with Crippen LogP contribution in [0.4, 0.5) is 0 Å². The van der Waals surface area contributed by atoms with Crippen molar-refractivity contribution in [1.82, 2.24) is 4.90 Å². The fourth-order valence-electron chi connectivity index (χ4n) is 10.5.